The maximum Gasteiger partial charge on any atom is 0.340 e. The fourth-order valence-corrected chi connectivity index (χ4v) is 3.01. The van der Waals surface area contributed by atoms with Gasteiger partial charge in [-0.05, 0) is 24.6 Å². The lowest BCUT2D eigenvalue weighted by Gasteiger charge is -2.25. The van der Waals surface area contributed by atoms with Gasteiger partial charge in [0.05, 0.1) is 23.5 Å². The number of ether oxygens (including phenoxy) is 1. The standard InChI is InChI=1S/C19H22N2O5S/c1-14(15-9-5-4-6-10-15)21(2)18(22)13-26-19(23)16-11-7-8-12-17(16)20-27(3,24)25/h4-12,14,20H,13H2,1-3H3/t14-/m0/s1. The molecule has 0 heterocycles. The number of anilines is 1. The highest BCUT2D eigenvalue weighted by Gasteiger charge is 2.20. The van der Waals surface area contributed by atoms with Gasteiger partial charge in [-0.3, -0.25) is 9.52 Å². The lowest BCUT2D eigenvalue weighted by atomic mass is 10.1. The summed E-state index contributed by atoms with van der Waals surface area (Å²) in [5, 5.41) is 0. The summed E-state index contributed by atoms with van der Waals surface area (Å²) in [6, 6.07) is 15.3. The largest absolute Gasteiger partial charge is 0.452 e. The summed E-state index contributed by atoms with van der Waals surface area (Å²) in [6.07, 6.45) is 0.985. The van der Waals surface area contributed by atoms with Crippen molar-refractivity contribution >= 4 is 27.6 Å². The molecule has 0 aliphatic carbocycles. The first-order valence-electron chi connectivity index (χ1n) is 8.23. The van der Waals surface area contributed by atoms with Crippen LogP contribution in [0.15, 0.2) is 54.6 Å². The number of rotatable bonds is 7. The van der Waals surface area contributed by atoms with Crippen LogP contribution in [0, 0.1) is 0 Å². The molecule has 0 radical (unpaired) electrons. The number of benzene rings is 2. The van der Waals surface area contributed by atoms with Gasteiger partial charge in [0.1, 0.15) is 0 Å². The van der Waals surface area contributed by atoms with Gasteiger partial charge in [0.25, 0.3) is 5.91 Å². The van der Waals surface area contributed by atoms with E-state index in [4.69, 9.17) is 4.74 Å². The highest BCUT2D eigenvalue weighted by Crippen LogP contribution is 2.19. The van der Waals surface area contributed by atoms with Crippen molar-refractivity contribution in [3.63, 3.8) is 0 Å². The lowest BCUT2D eigenvalue weighted by molar-refractivity contribution is -0.135. The number of amides is 1. The molecular formula is C19H22N2O5S. The van der Waals surface area contributed by atoms with E-state index in [1.165, 1.54) is 17.0 Å². The van der Waals surface area contributed by atoms with E-state index in [1.807, 2.05) is 37.3 Å². The average Bonchev–Trinajstić information content (AvgIpc) is 2.64. The molecule has 1 amide bonds. The second-order valence-electron chi connectivity index (χ2n) is 6.09. The molecule has 0 bridgehead atoms. The molecule has 0 spiro atoms. The predicted molar refractivity (Wildman–Crippen MR) is 103 cm³/mol. The second-order valence-corrected chi connectivity index (χ2v) is 7.84. The van der Waals surface area contributed by atoms with E-state index < -0.39 is 22.6 Å². The Bertz CT molecular complexity index is 913. The van der Waals surface area contributed by atoms with E-state index in [-0.39, 0.29) is 23.2 Å². The Morgan fingerprint density at radius 2 is 1.67 bits per heavy atom. The van der Waals surface area contributed by atoms with Crippen LogP contribution in [-0.4, -0.2) is 45.1 Å². The van der Waals surface area contributed by atoms with Crippen LogP contribution in [0.1, 0.15) is 28.9 Å². The average molecular weight is 390 g/mol. The minimum Gasteiger partial charge on any atom is -0.452 e. The van der Waals surface area contributed by atoms with Gasteiger partial charge in [-0.15, -0.1) is 0 Å². The molecule has 144 valence electrons. The van der Waals surface area contributed by atoms with Gasteiger partial charge in [-0.1, -0.05) is 42.5 Å². The van der Waals surface area contributed by atoms with Crippen LogP contribution >= 0.6 is 0 Å². The Morgan fingerprint density at radius 3 is 2.30 bits per heavy atom. The Balaban J connectivity index is 2.02. The van der Waals surface area contributed by atoms with Crippen molar-refractivity contribution in [3.05, 3.63) is 65.7 Å². The molecule has 2 aromatic carbocycles. The fraction of sp³-hybridized carbons (Fsp3) is 0.263. The Kier molecular flexibility index (Phi) is 6.57. The van der Waals surface area contributed by atoms with Crippen LogP contribution in [0.25, 0.3) is 0 Å². The normalized spacial score (nSPS) is 12.1. The summed E-state index contributed by atoms with van der Waals surface area (Å²) in [5.74, 6) is -1.15. The van der Waals surface area contributed by atoms with E-state index in [0.29, 0.717) is 0 Å². The molecule has 2 rings (SSSR count). The SMILES string of the molecule is C[C@@H](c1ccccc1)N(C)C(=O)COC(=O)c1ccccc1NS(C)(=O)=O. The number of likely N-dealkylation sites (N-methyl/N-ethyl adjacent to an activating group) is 1. The molecular weight excluding hydrogens is 368 g/mol. The lowest BCUT2D eigenvalue weighted by Crippen LogP contribution is -2.33. The van der Waals surface area contributed by atoms with Gasteiger partial charge in [-0.25, -0.2) is 13.2 Å². The Labute approximate surface area is 159 Å². The second kappa shape index (κ2) is 8.68. The molecule has 0 aliphatic heterocycles. The maximum atomic E-state index is 12.3. The Hall–Kier alpha value is -2.87. The fourth-order valence-electron chi connectivity index (χ4n) is 2.43. The van der Waals surface area contributed by atoms with Crippen molar-refractivity contribution in [2.45, 2.75) is 13.0 Å². The van der Waals surface area contributed by atoms with Crippen LogP contribution in [0.5, 0.6) is 0 Å². The van der Waals surface area contributed by atoms with Gasteiger partial charge in [0, 0.05) is 7.05 Å². The number of carbonyl (C=O) groups is 2. The molecule has 7 nitrogen and oxygen atoms in total. The number of hydrogen-bond donors (Lipinski definition) is 1. The Morgan fingerprint density at radius 1 is 1.07 bits per heavy atom. The maximum absolute atomic E-state index is 12.3. The van der Waals surface area contributed by atoms with E-state index in [2.05, 4.69) is 4.72 Å². The number of nitrogens with zero attached hydrogens (tertiary/aromatic N) is 1. The van der Waals surface area contributed by atoms with E-state index >= 15 is 0 Å². The van der Waals surface area contributed by atoms with Crippen molar-refractivity contribution in [2.75, 3.05) is 24.6 Å². The van der Waals surface area contributed by atoms with Gasteiger partial charge >= 0.3 is 5.97 Å². The first kappa shape index (κ1) is 20.4. The summed E-state index contributed by atoms with van der Waals surface area (Å²) >= 11 is 0. The minimum absolute atomic E-state index is 0.0366. The summed E-state index contributed by atoms with van der Waals surface area (Å²) in [7, 11) is -1.92. The highest BCUT2D eigenvalue weighted by molar-refractivity contribution is 7.92. The van der Waals surface area contributed by atoms with E-state index in [9.17, 15) is 18.0 Å². The third-order valence-corrected chi connectivity index (χ3v) is 4.62. The minimum atomic E-state index is -3.55. The molecule has 0 aromatic heterocycles. The van der Waals surface area contributed by atoms with Crippen LogP contribution < -0.4 is 4.72 Å². The third-order valence-electron chi connectivity index (χ3n) is 4.03. The third kappa shape index (κ3) is 5.82. The molecule has 1 atom stereocenters. The van der Waals surface area contributed by atoms with Gasteiger partial charge < -0.3 is 9.64 Å². The number of para-hydroxylation sites is 1. The molecule has 1 N–H and O–H groups in total. The summed E-state index contributed by atoms with van der Waals surface area (Å²) in [5.41, 5.74) is 1.10. The van der Waals surface area contributed by atoms with Gasteiger partial charge in [-0.2, -0.15) is 0 Å². The van der Waals surface area contributed by atoms with Crippen LogP contribution in [-0.2, 0) is 19.6 Å². The number of nitrogens with one attached hydrogen (secondary N) is 1. The van der Waals surface area contributed by atoms with Gasteiger partial charge in [0.2, 0.25) is 10.0 Å². The predicted octanol–water partition coefficient (Wildman–Crippen LogP) is 2.43. The number of carbonyl (C=O) groups excluding carboxylic acids is 2. The quantitative estimate of drug-likeness (QED) is 0.733. The highest BCUT2D eigenvalue weighted by atomic mass is 32.2. The zero-order valence-electron chi connectivity index (χ0n) is 15.4. The molecule has 2 aromatic rings. The smallest absolute Gasteiger partial charge is 0.340 e. The van der Waals surface area contributed by atoms with Crippen LogP contribution in [0.3, 0.4) is 0 Å². The van der Waals surface area contributed by atoms with Crippen molar-refractivity contribution in [3.8, 4) is 0 Å². The first-order valence-corrected chi connectivity index (χ1v) is 10.1. The van der Waals surface area contributed by atoms with E-state index in [0.717, 1.165) is 11.8 Å². The summed E-state index contributed by atoms with van der Waals surface area (Å²) in [4.78, 5) is 26.1. The monoisotopic (exact) mass is 390 g/mol. The zero-order chi connectivity index (χ0) is 20.0. The summed E-state index contributed by atoms with van der Waals surface area (Å²) in [6.45, 7) is 1.43. The zero-order valence-corrected chi connectivity index (χ0v) is 16.2. The molecule has 27 heavy (non-hydrogen) atoms. The van der Waals surface area contributed by atoms with E-state index in [1.54, 1.807) is 19.2 Å². The molecule has 8 heteroatoms. The van der Waals surface area contributed by atoms with Crippen molar-refractivity contribution < 1.29 is 22.7 Å². The molecule has 0 unspecified atom stereocenters. The summed E-state index contributed by atoms with van der Waals surface area (Å²) < 4.78 is 30.2. The molecule has 0 saturated heterocycles. The topological polar surface area (TPSA) is 92.8 Å². The number of esters is 1. The van der Waals surface area contributed by atoms with Crippen LogP contribution in [0.4, 0.5) is 5.69 Å². The molecule has 0 fully saturated rings. The van der Waals surface area contributed by atoms with Gasteiger partial charge in [0.15, 0.2) is 6.61 Å². The number of sulfonamides is 1. The van der Waals surface area contributed by atoms with Crippen molar-refractivity contribution in [1.82, 2.24) is 4.90 Å². The first-order chi connectivity index (χ1) is 12.7. The number of hydrogen-bond acceptors (Lipinski definition) is 5. The van der Waals surface area contributed by atoms with Crippen molar-refractivity contribution in [1.29, 1.82) is 0 Å². The van der Waals surface area contributed by atoms with Crippen molar-refractivity contribution in [2.24, 2.45) is 0 Å². The molecule has 0 aliphatic rings. The molecule has 0 saturated carbocycles. The van der Waals surface area contributed by atoms with Crippen LogP contribution in [0.2, 0.25) is 0 Å².